The van der Waals surface area contributed by atoms with E-state index in [9.17, 15) is 8.78 Å². The topological polar surface area (TPSA) is 26.0 Å². The Morgan fingerprint density at radius 3 is 2.50 bits per heavy atom. The highest BCUT2D eigenvalue weighted by Gasteiger charge is 2.13. The van der Waals surface area contributed by atoms with E-state index in [1.807, 2.05) is 11.4 Å². The maximum absolute atomic E-state index is 13.1. The van der Waals surface area contributed by atoms with Crippen LogP contribution in [-0.2, 0) is 12.8 Å². The van der Waals surface area contributed by atoms with Crippen molar-refractivity contribution in [3.63, 3.8) is 0 Å². The van der Waals surface area contributed by atoms with Crippen molar-refractivity contribution in [1.29, 1.82) is 0 Å². The maximum atomic E-state index is 13.1. The fourth-order valence-corrected chi connectivity index (χ4v) is 3.04. The van der Waals surface area contributed by atoms with Crippen LogP contribution in [0.3, 0.4) is 0 Å². The van der Waals surface area contributed by atoms with E-state index < -0.39 is 11.6 Å². The Morgan fingerprint density at radius 1 is 1.22 bits per heavy atom. The highest BCUT2D eigenvalue weighted by Crippen LogP contribution is 2.26. The van der Waals surface area contributed by atoms with E-state index in [0.29, 0.717) is 12.0 Å². The summed E-state index contributed by atoms with van der Waals surface area (Å²) in [6.45, 7) is 2.07. The van der Waals surface area contributed by atoms with E-state index >= 15 is 0 Å². The van der Waals surface area contributed by atoms with E-state index in [2.05, 4.69) is 6.92 Å². The molecule has 0 aliphatic rings. The molecule has 1 heterocycles. The summed E-state index contributed by atoms with van der Waals surface area (Å²) >= 11 is 1.60. The van der Waals surface area contributed by atoms with Crippen LogP contribution < -0.4 is 5.73 Å². The lowest BCUT2D eigenvalue weighted by Gasteiger charge is -2.12. The average molecular weight is 267 g/mol. The summed E-state index contributed by atoms with van der Waals surface area (Å²) in [7, 11) is 0. The SMILES string of the molecule is CCc1ccsc1C(N)Cc1cc(F)cc(F)c1. The molecule has 0 bridgehead atoms. The van der Waals surface area contributed by atoms with Crippen molar-refractivity contribution in [2.75, 3.05) is 0 Å². The van der Waals surface area contributed by atoms with Crippen molar-refractivity contribution in [2.24, 2.45) is 5.73 Å². The first kappa shape index (κ1) is 13.2. The van der Waals surface area contributed by atoms with Crippen molar-refractivity contribution in [1.82, 2.24) is 0 Å². The lowest BCUT2D eigenvalue weighted by molar-refractivity contribution is 0.576. The predicted octanol–water partition coefficient (Wildman–Crippen LogP) is 3.83. The third kappa shape index (κ3) is 2.94. The van der Waals surface area contributed by atoms with Crippen LogP contribution in [0.1, 0.15) is 29.0 Å². The van der Waals surface area contributed by atoms with Gasteiger partial charge in [0, 0.05) is 17.0 Å². The predicted molar refractivity (Wildman–Crippen MR) is 70.7 cm³/mol. The van der Waals surface area contributed by atoms with Crippen LogP contribution in [0.4, 0.5) is 8.78 Å². The summed E-state index contributed by atoms with van der Waals surface area (Å²) in [6.07, 6.45) is 1.37. The molecule has 2 rings (SSSR count). The van der Waals surface area contributed by atoms with Gasteiger partial charge in [-0.2, -0.15) is 0 Å². The van der Waals surface area contributed by atoms with Gasteiger partial charge in [-0.15, -0.1) is 11.3 Å². The molecule has 96 valence electrons. The molecule has 18 heavy (non-hydrogen) atoms. The summed E-state index contributed by atoms with van der Waals surface area (Å²) in [5, 5.41) is 2.00. The summed E-state index contributed by atoms with van der Waals surface area (Å²) in [6, 6.07) is 5.38. The van der Waals surface area contributed by atoms with Crippen LogP contribution in [0.25, 0.3) is 0 Å². The lowest BCUT2D eigenvalue weighted by atomic mass is 10.0. The standard InChI is InChI=1S/C14H15F2NS/c1-2-10-3-4-18-14(10)13(17)7-9-5-11(15)8-12(16)6-9/h3-6,8,13H,2,7,17H2,1H3. The van der Waals surface area contributed by atoms with Crippen molar-refractivity contribution in [2.45, 2.75) is 25.8 Å². The van der Waals surface area contributed by atoms with Gasteiger partial charge in [-0.05, 0) is 47.5 Å². The van der Waals surface area contributed by atoms with Gasteiger partial charge in [0.25, 0.3) is 0 Å². The third-order valence-electron chi connectivity index (χ3n) is 2.88. The minimum absolute atomic E-state index is 0.207. The van der Waals surface area contributed by atoms with E-state index in [-0.39, 0.29) is 6.04 Å². The van der Waals surface area contributed by atoms with E-state index in [1.54, 1.807) is 11.3 Å². The molecule has 0 amide bonds. The minimum atomic E-state index is -0.556. The number of rotatable bonds is 4. The van der Waals surface area contributed by atoms with Crippen LogP contribution in [0.15, 0.2) is 29.6 Å². The van der Waals surface area contributed by atoms with Gasteiger partial charge in [-0.3, -0.25) is 0 Å². The molecule has 1 unspecified atom stereocenters. The van der Waals surface area contributed by atoms with Crippen molar-refractivity contribution < 1.29 is 8.78 Å². The zero-order valence-corrected chi connectivity index (χ0v) is 10.9. The highest BCUT2D eigenvalue weighted by molar-refractivity contribution is 7.10. The first-order valence-corrected chi connectivity index (χ1v) is 6.75. The summed E-state index contributed by atoms with van der Waals surface area (Å²) in [4.78, 5) is 1.10. The Balaban J connectivity index is 2.18. The second-order valence-corrected chi connectivity index (χ2v) is 5.20. The van der Waals surface area contributed by atoms with Crippen LogP contribution in [0.2, 0.25) is 0 Å². The third-order valence-corrected chi connectivity index (χ3v) is 3.97. The van der Waals surface area contributed by atoms with E-state index in [0.717, 1.165) is 17.4 Å². The molecule has 2 N–H and O–H groups in total. The second kappa shape index (κ2) is 5.59. The zero-order valence-electron chi connectivity index (χ0n) is 10.1. The first-order valence-electron chi connectivity index (χ1n) is 5.87. The smallest absolute Gasteiger partial charge is 0.126 e. The molecule has 1 nitrogen and oxygen atoms in total. The molecule has 2 aromatic rings. The average Bonchev–Trinajstić information content (AvgIpc) is 2.75. The molecule has 1 atom stereocenters. The van der Waals surface area contributed by atoms with Crippen molar-refractivity contribution in [3.05, 3.63) is 57.3 Å². The van der Waals surface area contributed by atoms with Crippen LogP contribution in [0.5, 0.6) is 0 Å². The van der Waals surface area contributed by atoms with Crippen LogP contribution >= 0.6 is 11.3 Å². The molecule has 1 aromatic heterocycles. The number of hydrogen-bond acceptors (Lipinski definition) is 2. The Hall–Kier alpha value is -1.26. The number of halogens is 2. The molecule has 0 fully saturated rings. The highest BCUT2D eigenvalue weighted by atomic mass is 32.1. The molecule has 0 saturated carbocycles. The molecular weight excluding hydrogens is 252 g/mol. The lowest BCUT2D eigenvalue weighted by Crippen LogP contribution is -2.13. The molecule has 0 radical (unpaired) electrons. The van der Waals surface area contributed by atoms with Crippen LogP contribution in [-0.4, -0.2) is 0 Å². The summed E-state index contributed by atoms with van der Waals surface area (Å²) < 4.78 is 26.2. The van der Waals surface area contributed by atoms with Gasteiger partial charge >= 0.3 is 0 Å². The van der Waals surface area contributed by atoms with E-state index in [1.165, 1.54) is 17.7 Å². The van der Waals surface area contributed by atoms with Gasteiger partial charge in [0.2, 0.25) is 0 Å². The van der Waals surface area contributed by atoms with Gasteiger partial charge in [-0.1, -0.05) is 6.92 Å². The molecule has 4 heteroatoms. The minimum Gasteiger partial charge on any atom is -0.323 e. The first-order chi connectivity index (χ1) is 8.60. The number of hydrogen-bond donors (Lipinski definition) is 1. The zero-order chi connectivity index (χ0) is 13.1. The van der Waals surface area contributed by atoms with E-state index in [4.69, 9.17) is 5.73 Å². The van der Waals surface area contributed by atoms with Gasteiger partial charge in [0.1, 0.15) is 11.6 Å². The largest absolute Gasteiger partial charge is 0.323 e. The van der Waals surface area contributed by atoms with Crippen molar-refractivity contribution >= 4 is 11.3 Å². The fraction of sp³-hybridized carbons (Fsp3) is 0.286. The van der Waals surface area contributed by atoms with Gasteiger partial charge in [-0.25, -0.2) is 8.78 Å². The Kier molecular flexibility index (Phi) is 4.09. The monoisotopic (exact) mass is 267 g/mol. The fourth-order valence-electron chi connectivity index (χ4n) is 2.04. The summed E-state index contributed by atoms with van der Waals surface area (Å²) in [5.74, 6) is -1.11. The number of thiophene rings is 1. The second-order valence-electron chi connectivity index (χ2n) is 4.25. The quantitative estimate of drug-likeness (QED) is 0.895. The molecule has 0 aliphatic heterocycles. The molecule has 0 saturated heterocycles. The molecule has 1 aromatic carbocycles. The number of aryl methyl sites for hydroxylation is 1. The molecule has 0 aliphatic carbocycles. The molecule has 0 spiro atoms. The van der Waals surface area contributed by atoms with Crippen molar-refractivity contribution in [3.8, 4) is 0 Å². The van der Waals surface area contributed by atoms with Crippen LogP contribution in [0, 0.1) is 11.6 Å². The van der Waals surface area contributed by atoms with Gasteiger partial charge < -0.3 is 5.73 Å². The summed E-state index contributed by atoms with van der Waals surface area (Å²) in [5.41, 5.74) is 7.92. The van der Waals surface area contributed by atoms with Gasteiger partial charge in [0.15, 0.2) is 0 Å². The number of nitrogens with two attached hydrogens (primary N) is 1. The maximum Gasteiger partial charge on any atom is 0.126 e. The Bertz CT molecular complexity index is 516. The Morgan fingerprint density at radius 2 is 1.89 bits per heavy atom. The normalized spacial score (nSPS) is 12.7. The Labute approximate surface area is 109 Å². The van der Waals surface area contributed by atoms with Gasteiger partial charge in [0.05, 0.1) is 0 Å². The molecular formula is C14H15F2NS. The number of benzene rings is 1.